The van der Waals surface area contributed by atoms with Crippen LogP contribution < -0.4 is 4.72 Å². The normalized spacial score (nSPS) is 20.5. The molecule has 0 spiro atoms. The fraction of sp³-hybridized carbons (Fsp3) is 0.733. The predicted octanol–water partition coefficient (Wildman–Crippen LogP) is 2.32. The molecule has 7 heteroatoms. The second kappa shape index (κ2) is 6.40. The van der Waals surface area contributed by atoms with E-state index in [-0.39, 0.29) is 17.4 Å². The molecule has 22 heavy (non-hydrogen) atoms. The highest BCUT2D eigenvalue weighted by Gasteiger charge is 2.27. The van der Waals surface area contributed by atoms with Crippen LogP contribution in [-0.4, -0.2) is 30.3 Å². The van der Waals surface area contributed by atoms with Gasteiger partial charge in [0.2, 0.25) is 10.0 Å². The lowest BCUT2D eigenvalue weighted by Gasteiger charge is -2.24. The number of amides is 1. The fourth-order valence-electron chi connectivity index (χ4n) is 3.28. The quantitative estimate of drug-likeness (QED) is 0.869. The molecule has 0 radical (unpaired) electrons. The van der Waals surface area contributed by atoms with Crippen molar-refractivity contribution in [2.75, 3.05) is 5.75 Å². The molecule has 2 N–H and O–H groups in total. The molecule has 1 heterocycles. The first-order valence-corrected chi connectivity index (χ1v) is 9.79. The maximum Gasteiger partial charge on any atom is 0.285 e. The monoisotopic (exact) mass is 325 g/mol. The second-order valence-electron chi connectivity index (χ2n) is 6.55. The minimum absolute atomic E-state index is 0.0403. The number of nitrogens with zero attached hydrogens (tertiary/aromatic N) is 1. The van der Waals surface area contributed by atoms with Crippen LogP contribution in [0.3, 0.4) is 0 Å². The topological polar surface area (TPSA) is 91.9 Å². The van der Waals surface area contributed by atoms with Gasteiger partial charge in [0.25, 0.3) is 5.91 Å². The van der Waals surface area contributed by atoms with E-state index in [9.17, 15) is 13.2 Å². The highest BCUT2D eigenvalue weighted by molar-refractivity contribution is 7.90. The van der Waals surface area contributed by atoms with Crippen LogP contribution in [0.1, 0.15) is 73.5 Å². The molecular formula is C15H23N3O3S. The summed E-state index contributed by atoms with van der Waals surface area (Å²) >= 11 is 0. The van der Waals surface area contributed by atoms with Crippen LogP contribution in [-0.2, 0) is 10.0 Å². The Balaban J connectivity index is 1.61. The highest BCUT2D eigenvalue weighted by atomic mass is 32.2. The summed E-state index contributed by atoms with van der Waals surface area (Å²) in [6.07, 6.45) is 8.80. The van der Waals surface area contributed by atoms with E-state index in [1.54, 1.807) is 6.07 Å². The zero-order valence-corrected chi connectivity index (χ0v) is 13.5. The van der Waals surface area contributed by atoms with E-state index in [0.29, 0.717) is 5.92 Å². The largest absolute Gasteiger partial charge is 0.285 e. The zero-order chi connectivity index (χ0) is 15.6. The Morgan fingerprint density at radius 3 is 2.55 bits per heavy atom. The molecule has 1 aromatic rings. The van der Waals surface area contributed by atoms with Crippen molar-refractivity contribution in [2.24, 2.45) is 5.92 Å². The molecule has 2 aliphatic rings. The van der Waals surface area contributed by atoms with Gasteiger partial charge in [-0.2, -0.15) is 5.10 Å². The van der Waals surface area contributed by atoms with Gasteiger partial charge < -0.3 is 0 Å². The van der Waals surface area contributed by atoms with Gasteiger partial charge in [0.05, 0.1) is 5.75 Å². The van der Waals surface area contributed by atoms with Gasteiger partial charge in [-0.3, -0.25) is 9.89 Å². The summed E-state index contributed by atoms with van der Waals surface area (Å²) < 4.78 is 26.1. The van der Waals surface area contributed by atoms with Gasteiger partial charge in [-0.15, -0.1) is 0 Å². The number of aromatic amines is 1. The maximum atomic E-state index is 12.1. The number of sulfonamides is 1. The van der Waals surface area contributed by atoms with Gasteiger partial charge in [0, 0.05) is 11.6 Å². The zero-order valence-electron chi connectivity index (χ0n) is 12.7. The molecule has 2 aliphatic carbocycles. The third-order valence-corrected chi connectivity index (χ3v) is 6.21. The summed E-state index contributed by atoms with van der Waals surface area (Å²) in [5, 5.41) is 6.89. The van der Waals surface area contributed by atoms with Crippen molar-refractivity contribution in [1.82, 2.24) is 14.9 Å². The SMILES string of the molecule is O=C(NS(=O)(=O)CC1CCC1)c1cc(C2CCCCC2)[nH]n1. The number of nitrogens with one attached hydrogen (secondary N) is 2. The Morgan fingerprint density at radius 1 is 1.18 bits per heavy atom. The molecule has 0 aromatic carbocycles. The summed E-state index contributed by atoms with van der Waals surface area (Å²) in [5.74, 6) is 0.0212. The Kier molecular flexibility index (Phi) is 4.52. The van der Waals surface area contributed by atoms with E-state index in [1.165, 1.54) is 19.3 Å². The van der Waals surface area contributed by atoms with E-state index < -0.39 is 15.9 Å². The molecule has 122 valence electrons. The van der Waals surface area contributed by atoms with Crippen LogP contribution in [0.5, 0.6) is 0 Å². The summed E-state index contributed by atoms with van der Waals surface area (Å²) in [6, 6.07) is 1.70. The molecule has 0 aliphatic heterocycles. The predicted molar refractivity (Wildman–Crippen MR) is 83.0 cm³/mol. The van der Waals surface area contributed by atoms with Gasteiger partial charge >= 0.3 is 0 Å². The van der Waals surface area contributed by atoms with Crippen molar-refractivity contribution in [1.29, 1.82) is 0 Å². The van der Waals surface area contributed by atoms with Crippen LogP contribution in [0.2, 0.25) is 0 Å². The van der Waals surface area contributed by atoms with Crippen LogP contribution in [0.4, 0.5) is 0 Å². The minimum atomic E-state index is -3.56. The van der Waals surface area contributed by atoms with Gasteiger partial charge in [0.15, 0.2) is 5.69 Å². The Morgan fingerprint density at radius 2 is 1.91 bits per heavy atom. The molecule has 0 bridgehead atoms. The van der Waals surface area contributed by atoms with Gasteiger partial charge in [-0.05, 0) is 37.7 Å². The lowest BCUT2D eigenvalue weighted by Crippen LogP contribution is -2.36. The van der Waals surface area contributed by atoms with Crippen LogP contribution >= 0.6 is 0 Å². The van der Waals surface area contributed by atoms with Crippen molar-refractivity contribution in [3.05, 3.63) is 17.5 Å². The first-order chi connectivity index (χ1) is 10.5. The van der Waals surface area contributed by atoms with Crippen molar-refractivity contribution in [3.63, 3.8) is 0 Å². The number of hydrogen-bond donors (Lipinski definition) is 2. The first kappa shape index (κ1) is 15.5. The number of carbonyl (C=O) groups is 1. The summed E-state index contributed by atoms with van der Waals surface area (Å²) in [6.45, 7) is 0. The van der Waals surface area contributed by atoms with E-state index >= 15 is 0 Å². The van der Waals surface area contributed by atoms with Crippen LogP contribution in [0.25, 0.3) is 0 Å². The maximum absolute atomic E-state index is 12.1. The number of rotatable bonds is 5. The molecule has 2 saturated carbocycles. The average Bonchev–Trinajstić information content (AvgIpc) is 2.94. The fourth-order valence-corrected chi connectivity index (χ4v) is 4.70. The molecule has 0 unspecified atom stereocenters. The molecule has 6 nitrogen and oxygen atoms in total. The minimum Gasteiger partial charge on any atom is -0.281 e. The Hall–Kier alpha value is -1.37. The standard InChI is InChI=1S/C15H23N3O3S/c19-15(18-22(20,21)10-11-5-4-6-11)14-9-13(16-17-14)12-7-2-1-3-8-12/h9,11-12H,1-8,10H2,(H,16,17)(H,18,19). The van der Waals surface area contributed by atoms with E-state index in [2.05, 4.69) is 14.9 Å². The first-order valence-electron chi connectivity index (χ1n) is 8.13. The van der Waals surface area contributed by atoms with Crippen LogP contribution in [0.15, 0.2) is 6.07 Å². The number of aromatic nitrogens is 2. The smallest absolute Gasteiger partial charge is 0.281 e. The highest BCUT2D eigenvalue weighted by Crippen LogP contribution is 2.31. The van der Waals surface area contributed by atoms with Gasteiger partial charge in [-0.25, -0.2) is 13.1 Å². The summed E-state index contributed by atoms with van der Waals surface area (Å²) in [7, 11) is -3.56. The summed E-state index contributed by atoms with van der Waals surface area (Å²) in [4.78, 5) is 12.1. The molecule has 3 rings (SSSR count). The molecule has 0 saturated heterocycles. The second-order valence-corrected chi connectivity index (χ2v) is 8.32. The summed E-state index contributed by atoms with van der Waals surface area (Å²) in [5.41, 5.74) is 1.11. The van der Waals surface area contributed by atoms with Gasteiger partial charge in [0.1, 0.15) is 0 Å². The third kappa shape index (κ3) is 3.69. The van der Waals surface area contributed by atoms with Crippen molar-refractivity contribution in [3.8, 4) is 0 Å². The number of carbonyl (C=O) groups excluding carboxylic acids is 1. The lowest BCUT2D eigenvalue weighted by atomic mass is 9.87. The average molecular weight is 325 g/mol. The molecule has 1 amide bonds. The molecule has 0 atom stereocenters. The number of H-pyrrole nitrogens is 1. The number of hydrogen-bond acceptors (Lipinski definition) is 4. The van der Waals surface area contributed by atoms with Crippen molar-refractivity contribution in [2.45, 2.75) is 57.3 Å². The Labute approximate surface area is 131 Å². The van der Waals surface area contributed by atoms with Crippen molar-refractivity contribution >= 4 is 15.9 Å². The van der Waals surface area contributed by atoms with E-state index in [4.69, 9.17) is 0 Å². The third-order valence-electron chi connectivity index (χ3n) is 4.80. The van der Waals surface area contributed by atoms with Crippen molar-refractivity contribution < 1.29 is 13.2 Å². The molecule has 1 aromatic heterocycles. The van der Waals surface area contributed by atoms with Crippen LogP contribution in [0, 0.1) is 5.92 Å². The molecular weight excluding hydrogens is 302 g/mol. The van der Waals surface area contributed by atoms with E-state index in [1.807, 2.05) is 0 Å². The Bertz CT molecular complexity index is 628. The lowest BCUT2D eigenvalue weighted by molar-refractivity contribution is 0.0976. The van der Waals surface area contributed by atoms with Gasteiger partial charge in [-0.1, -0.05) is 25.7 Å². The van der Waals surface area contributed by atoms with E-state index in [0.717, 1.165) is 37.8 Å². The molecule has 2 fully saturated rings.